The zero-order chi connectivity index (χ0) is 23.7. The van der Waals surface area contributed by atoms with E-state index in [0.717, 1.165) is 63.2 Å². The van der Waals surface area contributed by atoms with Crippen molar-refractivity contribution in [2.24, 2.45) is 11.3 Å². The summed E-state index contributed by atoms with van der Waals surface area (Å²) in [7, 11) is 0. The van der Waals surface area contributed by atoms with Crippen LogP contribution in [0.2, 0.25) is 5.02 Å². The van der Waals surface area contributed by atoms with Gasteiger partial charge in [-0.2, -0.15) is 0 Å². The maximum absolute atomic E-state index is 13.6. The fraction of sp³-hybridized carbons (Fsp3) is 0.692. The van der Waals surface area contributed by atoms with E-state index >= 15 is 0 Å². The second kappa shape index (κ2) is 12.7. The standard InChI is InChI=1S/C26H40ClN3O3/c1-20(2)17-23-24(31)28-12-6-16-33-15-4-3-9-26(25(32)29-23)10-13-30(14-11-26)19-21-7-5-8-22(27)18-21/h5,7-8,18,20,23H,3-4,6,9-17,19H2,1-2H3,(H,28,31)(H,29,32)/t23-/m0/s1. The summed E-state index contributed by atoms with van der Waals surface area (Å²) in [5, 5.41) is 6.91. The van der Waals surface area contributed by atoms with Crippen molar-refractivity contribution in [2.45, 2.75) is 71.4 Å². The number of hydrogen-bond donors (Lipinski definition) is 2. The number of piperidine rings is 1. The largest absolute Gasteiger partial charge is 0.381 e. The number of ether oxygens (including phenoxy) is 1. The summed E-state index contributed by atoms with van der Waals surface area (Å²) in [5.74, 6) is 0.282. The lowest BCUT2D eigenvalue weighted by atomic mass is 9.73. The Morgan fingerprint density at radius 2 is 1.88 bits per heavy atom. The summed E-state index contributed by atoms with van der Waals surface area (Å²) in [6, 6.07) is 7.50. The average molecular weight is 478 g/mol. The van der Waals surface area contributed by atoms with Crippen LogP contribution in [-0.4, -0.2) is 55.6 Å². The van der Waals surface area contributed by atoms with Crippen LogP contribution in [0.3, 0.4) is 0 Å². The Hall–Kier alpha value is -1.63. The van der Waals surface area contributed by atoms with Gasteiger partial charge in [-0.05, 0) is 75.2 Å². The molecule has 2 saturated heterocycles. The third kappa shape index (κ3) is 7.97. The predicted octanol–water partition coefficient (Wildman–Crippen LogP) is 4.16. The molecular weight excluding hydrogens is 438 g/mol. The van der Waals surface area contributed by atoms with E-state index in [4.69, 9.17) is 16.3 Å². The monoisotopic (exact) mass is 477 g/mol. The normalized spacial score (nSPS) is 23.7. The Morgan fingerprint density at radius 3 is 2.61 bits per heavy atom. The molecule has 0 bridgehead atoms. The number of carbonyl (C=O) groups is 2. The van der Waals surface area contributed by atoms with Gasteiger partial charge in [0.05, 0.1) is 5.41 Å². The summed E-state index contributed by atoms with van der Waals surface area (Å²) in [6.07, 6.45) is 5.80. The van der Waals surface area contributed by atoms with E-state index in [1.54, 1.807) is 0 Å². The number of halogens is 1. The maximum atomic E-state index is 13.6. The molecule has 184 valence electrons. The minimum atomic E-state index is -0.484. The lowest BCUT2D eigenvalue weighted by molar-refractivity contribution is -0.138. The number of likely N-dealkylation sites (tertiary alicyclic amines) is 1. The SMILES string of the molecule is CC(C)C[C@@H]1NC(=O)C2(CCCCOCCCNC1=O)CCN(Cc1cccc(Cl)c1)CC2. The van der Waals surface area contributed by atoms with E-state index in [-0.39, 0.29) is 11.8 Å². The van der Waals surface area contributed by atoms with Gasteiger partial charge in [0, 0.05) is 31.3 Å². The van der Waals surface area contributed by atoms with Gasteiger partial charge in [-0.25, -0.2) is 0 Å². The van der Waals surface area contributed by atoms with Gasteiger partial charge in [0.25, 0.3) is 0 Å². The summed E-state index contributed by atoms with van der Waals surface area (Å²) in [4.78, 5) is 28.9. The molecule has 6 nitrogen and oxygen atoms in total. The third-order valence-corrected chi connectivity index (χ3v) is 7.11. The fourth-order valence-electron chi connectivity index (χ4n) is 4.92. The van der Waals surface area contributed by atoms with E-state index in [2.05, 4.69) is 35.4 Å². The van der Waals surface area contributed by atoms with E-state index < -0.39 is 11.5 Å². The molecule has 1 spiro atoms. The predicted molar refractivity (Wildman–Crippen MR) is 132 cm³/mol. The maximum Gasteiger partial charge on any atom is 0.242 e. The van der Waals surface area contributed by atoms with Crippen LogP contribution in [0.1, 0.15) is 64.4 Å². The molecule has 2 fully saturated rings. The number of hydrogen-bond acceptors (Lipinski definition) is 4. The lowest BCUT2D eigenvalue weighted by Crippen LogP contribution is -2.55. The topological polar surface area (TPSA) is 70.7 Å². The number of nitrogens with one attached hydrogen (secondary N) is 2. The molecule has 1 aromatic rings. The molecule has 2 heterocycles. The second-order valence-corrected chi connectivity index (χ2v) is 10.5. The van der Waals surface area contributed by atoms with E-state index in [1.165, 1.54) is 5.56 Å². The van der Waals surface area contributed by atoms with Gasteiger partial charge < -0.3 is 15.4 Å². The first-order chi connectivity index (χ1) is 15.9. The molecule has 0 radical (unpaired) electrons. The second-order valence-electron chi connectivity index (χ2n) is 10.1. The van der Waals surface area contributed by atoms with Crippen LogP contribution in [-0.2, 0) is 20.9 Å². The van der Waals surface area contributed by atoms with Crippen molar-refractivity contribution in [1.29, 1.82) is 0 Å². The van der Waals surface area contributed by atoms with Crippen LogP contribution in [0.25, 0.3) is 0 Å². The minimum absolute atomic E-state index is 0.0451. The molecule has 0 unspecified atom stereocenters. The van der Waals surface area contributed by atoms with Crippen LogP contribution in [0.15, 0.2) is 24.3 Å². The van der Waals surface area contributed by atoms with Crippen molar-refractivity contribution >= 4 is 23.4 Å². The quantitative estimate of drug-likeness (QED) is 0.683. The molecule has 7 heteroatoms. The van der Waals surface area contributed by atoms with Crippen molar-refractivity contribution < 1.29 is 14.3 Å². The highest BCUT2D eigenvalue weighted by Crippen LogP contribution is 2.38. The highest BCUT2D eigenvalue weighted by Gasteiger charge is 2.42. The Morgan fingerprint density at radius 1 is 1.12 bits per heavy atom. The highest BCUT2D eigenvalue weighted by molar-refractivity contribution is 6.30. The molecular formula is C26H40ClN3O3. The molecule has 2 aliphatic rings. The third-order valence-electron chi connectivity index (χ3n) is 6.88. The Kier molecular flexibility index (Phi) is 10.0. The average Bonchev–Trinajstić information content (AvgIpc) is 2.77. The van der Waals surface area contributed by atoms with Gasteiger partial charge in [-0.15, -0.1) is 0 Å². The molecule has 3 rings (SSSR count). The van der Waals surface area contributed by atoms with Gasteiger partial charge in [-0.1, -0.05) is 44.0 Å². The molecule has 1 aromatic carbocycles. The molecule has 33 heavy (non-hydrogen) atoms. The molecule has 0 aliphatic carbocycles. The number of benzene rings is 1. The first-order valence-corrected chi connectivity index (χ1v) is 12.9. The Labute approximate surface area is 203 Å². The summed E-state index contributed by atoms with van der Waals surface area (Å²) in [6.45, 7) is 8.67. The summed E-state index contributed by atoms with van der Waals surface area (Å²) in [5.41, 5.74) is 0.768. The Balaban J connectivity index is 1.69. The van der Waals surface area contributed by atoms with Crippen LogP contribution >= 0.6 is 11.6 Å². The number of nitrogens with zero attached hydrogens (tertiary/aromatic N) is 1. The molecule has 1 atom stereocenters. The molecule has 2 N–H and O–H groups in total. The van der Waals surface area contributed by atoms with Crippen molar-refractivity contribution in [3.05, 3.63) is 34.9 Å². The molecule has 2 aliphatic heterocycles. The highest BCUT2D eigenvalue weighted by atomic mass is 35.5. The molecule has 0 aromatic heterocycles. The smallest absolute Gasteiger partial charge is 0.242 e. The summed E-state index contributed by atoms with van der Waals surface area (Å²) >= 11 is 6.15. The van der Waals surface area contributed by atoms with Gasteiger partial charge in [0.1, 0.15) is 6.04 Å². The zero-order valence-electron chi connectivity index (χ0n) is 20.2. The number of rotatable bonds is 4. The molecule has 0 saturated carbocycles. The number of amides is 2. The fourth-order valence-corrected chi connectivity index (χ4v) is 5.13. The van der Waals surface area contributed by atoms with Crippen LogP contribution in [0.4, 0.5) is 0 Å². The number of carbonyl (C=O) groups excluding carboxylic acids is 2. The first-order valence-electron chi connectivity index (χ1n) is 12.5. The first kappa shape index (κ1) is 26.0. The van der Waals surface area contributed by atoms with Crippen LogP contribution in [0.5, 0.6) is 0 Å². The van der Waals surface area contributed by atoms with Crippen molar-refractivity contribution in [1.82, 2.24) is 15.5 Å². The van der Waals surface area contributed by atoms with Crippen molar-refractivity contribution in [3.63, 3.8) is 0 Å². The van der Waals surface area contributed by atoms with Crippen molar-refractivity contribution in [3.8, 4) is 0 Å². The summed E-state index contributed by atoms with van der Waals surface area (Å²) < 4.78 is 5.73. The van der Waals surface area contributed by atoms with Crippen LogP contribution < -0.4 is 10.6 Å². The van der Waals surface area contributed by atoms with Gasteiger partial charge in [0.2, 0.25) is 11.8 Å². The Bertz CT molecular complexity index is 778. The molecule has 2 amide bonds. The zero-order valence-corrected chi connectivity index (χ0v) is 21.0. The minimum Gasteiger partial charge on any atom is -0.381 e. The van der Waals surface area contributed by atoms with Gasteiger partial charge in [0.15, 0.2) is 0 Å². The van der Waals surface area contributed by atoms with Crippen LogP contribution in [0, 0.1) is 11.3 Å². The lowest BCUT2D eigenvalue weighted by Gasteiger charge is -2.41. The van der Waals surface area contributed by atoms with Crippen molar-refractivity contribution in [2.75, 3.05) is 32.8 Å². The van der Waals surface area contributed by atoms with E-state index in [9.17, 15) is 9.59 Å². The van der Waals surface area contributed by atoms with E-state index in [0.29, 0.717) is 32.1 Å². The van der Waals surface area contributed by atoms with E-state index in [1.807, 2.05) is 18.2 Å². The van der Waals surface area contributed by atoms with Gasteiger partial charge in [-0.3, -0.25) is 14.5 Å². The van der Waals surface area contributed by atoms with Gasteiger partial charge >= 0.3 is 0 Å².